The van der Waals surface area contributed by atoms with Gasteiger partial charge in [-0.15, -0.1) is 0 Å². The molecule has 2 aromatic carbocycles. The second kappa shape index (κ2) is 14.1. The average Bonchev–Trinajstić information content (AvgIpc) is 2.88. The number of nitrogens with zero attached hydrogens (tertiary/aromatic N) is 1. The third-order valence-electron chi connectivity index (χ3n) is 7.32. The minimum absolute atomic E-state index is 0.220. The summed E-state index contributed by atoms with van der Waals surface area (Å²) in [6.07, 6.45) is 10.3. The van der Waals surface area contributed by atoms with Crippen molar-refractivity contribution in [3.8, 4) is 11.1 Å². The highest BCUT2D eigenvalue weighted by molar-refractivity contribution is 7.98. The molecule has 0 spiro atoms. The largest absolute Gasteiger partial charge is 0.480 e. The van der Waals surface area contributed by atoms with E-state index in [2.05, 4.69) is 5.32 Å². The maximum absolute atomic E-state index is 13.3. The number of carbonyl (C=O) groups is 2. The molecule has 0 saturated heterocycles. The Kier molecular flexibility index (Phi) is 11.2. The van der Waals surface area contributed by atoms with Crippen molar-refractivity contribution in [1.29, 1.82) is 0 Å². The van der Waals surface area contributed by atoms with Crippen LogP contribution in [0.2, 0.25) is 0 Å². The molecule has 0 heterocycles. The molecule has 7 nitrogen and oxygen atoms in total. The molecule has 0 aromatic heterocycles. The van der Waals surface area contributed by atoms with Crippen LogP contribution in [0.4, 0.5) is 0 Å². The second-order valence-corrected chi connectivity index (χ2v) is 13.2. The monoisotopic (exact) mass is 560 g/mol. The molecule has 38 heavy (non-hydrogen) atoms. The van der Waals surface area contributed by atoms with Gasteiger partial charge in [-0.25, -0.2) is 13.2 Å². The number of carboxylic acid groups (broad SMARTS) is 1. The van der Waals surface area contributed by atoms with Crippen LogP contribution in [-0.4, -0.2) is 60.6 Å². The van der Waals surface area contributed by atoms with E-state index in [9.17, 15) is 23.1 Å². The van der Waals surface area contributed by atoms with Crippen LogP contribution < -0.4 is 5.32 Å². The van der Waals surface area contributed by atoms with Gasteiger partial charge < -0.3 is 10.4 Å². The molecule has 1 amide bonds. The summed E-state index contributed by atoms with van der Waals surface area (Å²) in [6.45, 7) is 2.65. The Morgan fingerprint density at radius 2 is 1.82 bits per heavy atom. The lowest BCUT2D eigenvalue weighted by molar-refractivity contribution is -0.139. The number of benzene rings is 2. The van der Waals surface area contributed by atoms with Gasteiger partial charge in [0.05, 0.1) is 6.26 Å². The van der Waals surface area contributed by atoms with Crippen molar-refractivity contribution in [2.75, 3.05) is 24.8 Å². The van der Waals surface area contributed by atoms with Crippen LogP contribution in [0.1, 0.15) is 66.4 Å². The predicted molar refractivity (Wildman–Crippen MR) is 155 cm³/mol. The Balaban J connectivity index is 1.91. The van der Waals surface area contributed by atoms with Gasteiger partial charge in [-0.05, 0) is 72.1 Å². The van der Waals surface area contributed by atoms with E-state index < -0.39 is 27.9 Å². The summed E-state index contributed by atoms with van der Waals surface area (Å²) >= 11 is 1.53. The first-order chi connectivity index (χ1) is 18.1. The van der Waals surface area contributed by atoms with E-state index in [1.165, 1.54) is 41.6 Å². The zero-order chi connectivity index (χ0) is 27.7. The normalized spacial score (nSPS) is 15.4. The van der Waals surface area contributed by atoms with Gasteiger partial charge in [-0.1, -0.05) is 62.4 Å². The van der Waals surface area contributed by atoms with Crippen LogP contribution >= 0.6 is 11.8 Å². The summed E-state index contributed by atoms with van der Waals surface area (Å²) in [5, 5.41) is 12.3. The molecule has 1 atom stereocenters. The molecule has 1 aliphatic carbocycles. The fourth-order valence-electron chi connectivity index (χ4n) is 5.08. The molecule has 0 radical (unpaired) electrons. The number of nitrogens with one attached hydrogen (secondary N) is 1. The minimum Gasteiger partial charge on any atom is -0.480 e. The molecule has 1 fully saturated rings. The Morgan fingerprint density at radius 3 is 2.45 bits per heavy atom. The third kappa shape index (κ3) is 8.58. The molecule has 0 aliphatic heterocycles. The van der Waals surface area contributed by atoms with E-state index >= 15 is 0 Å². The van der Waals surface area contributed by atoms with E-state index in [1.807, 2.05) is 43.5 Å². The van der Waals surface area contributed by atoms with Crippen molar-refractivity contribution >= 4 is 33.7 Å². The van der Waals surface area contributed by atoms with E-state index in [4.69, 9.17) is 0 Å². The van der Waals surface area contributed by atoms with Crippen molar-refractivity contribution < 1.29 is 23.1 Å². The van der Waals surface area contributed by atoms with Crippen molar-refractivity contribution in [2.45, 2.75) is 64.5 Å². The van der Waals surface area contributed by atoms with E-state index in [0.717, 1.165) is 36.0 Å². The fourth-order valence-corrected chi connectivity index (χ4v) is 6.37. The topological polar surface area (TPSA) is 104 Å². The Labute approximate surface area is 231 Å². The van der Waals surface area contributed by atoms with Crippen LogP contribution in [-0.2, 0) is 21.4 Å². The smallest absolute Gasteiger partial charge is 0.326 e. The number of aryl methyl sites for hydroxylation is 1. The number of amides is 1. The summed E-state index contributed by atoms with van der Waals surface area (Å²) in [4.78, 5) is 25.1. The molecule has 9 heteroatoms. The number of rotatable bonds is 13. The van der Waals surface area contributed by atoms with Crippen molar-refractivity contribution in [2.24, 2.45) is 5.92 Å². The molecular weight excluding hydrogens is 520 g/mol. The molecule has 0 bridgehead atoms. The first kappa shape index (κ1) is 30.2. The van der Waals surface area contributed by atoms with E-state index in [0.29, 0.717) is 35.8 Å². The van der Waals surface area contributed by atoms with Gasteiger partial charge in [-0.3, -0.25) is 4.79 Å². The van der Waals surface area contributed by atoms with Gasteiger partial charge >= 0.3 is 5.97 Å². The summed E-state index contributed by atoms with van der Waals surface area (Å²) < 4.78 is 26.9. The fraction of sp³-hybridized carbons (Fsp3) is 0.517. The molecule has 1 aliphatic rings. The van der Waals surface area contributed by atoms with Crippen LogP contribution in [0.5, 0.6) is 0 Å². The maximum atomic E-state index is 13.3. The van der Waals surface area contributed by atoms with Crippen molar-refractivity contribution in [3.05, 3.63) is 59.2 Å². The summed E-state index contributed by atoms with van der Waals surface area (Å²) in [6, 6.07) is 12.0. The zero-order valence-electron chi connectivity index (χ0n) is 22.6. The first-order valence-electron chi connectivity index (χ1n) is 13.3. The lowest BCUT2D eigenvalue weighted by Gasteiger charge is -2.26. The molecule has 2 aromatic rings. The van der Waals surface area contributed by atoms with Crippen molar-refractivity contribution in [3.63, 3.8) is 0 Å². The third-order valence-corrected chi connectivity index (χ3v) is 9.21. The highest BCUT2D eigenvalue weighted by atomic mass is 32.2. The van der Waals surface area contributed by atoms with Crippen LogP contribution in [0.3, 0.4) is 0 Å². The number of sulfonamides is 1. The molecule has 3 rings (SSSR count). The Morgan fingerprint density at radius 1 is 1.11 bits per heavy atom. The van der Waals surface area contributed by atoms with E-state index in [1.54, 1.807) is 12.1 Å². The minimum atomic E-state index is -3.42. The van der Waals surface area contributed by atoms with Gasteiger partial charge in [-0.2, -0.15) is 16.1 Å². The summed E-state index contributed by atoms with van der Waals surface area (Å²) in [7, 11) is -3.42. The standard InChI is InChI=1S/C29H40N2O5S2/c1-21-9-7-8-12-24(21)26-19-23(13-14-25(26)28(32)30-27(29(33)34)16-18-37-2)20-31(38(3,35)36)17-15-22-10-5-4-6-11-22/h7-9,12-14,19,22,27H,4-6,10-11,15-18,20H2,1-3H3,(H,30,32)(H,33,34)/t27-/m0/s1. The quantitative estimate of drug-likeness (QED) is 0.343. The SMILES string of the molecule is CSCC[C@H](NC(=O)c1ccc(CN(CCC2CCCCC2)S(C)(=O)=O)cc1-c1ccccc1C)C(=O)O. The van der Waals surface area contributed by atoms with Gasteiger partial charge in [0, 0.05) is 18.7 Å². The van der Waals surface area contributed by atoms with Crippen LogP contribution in [0.15, 0.2) is 42.5 Å². The van der Waals surface area contributed by atoms with Crippen LogP contribution in [0.25, 0.3) is 11.1 Å². The number of thioether (sulfide) groups is 1. The Bertz CT molecular complexity index is 1210. The summed E-state index contributed by atoms with van der Waals surface area (Å²) in [5.74, 6) is -0.345. The van der Waals surface area contributed by atoms with Gasteiger partial charge in [0.1, 0.15) is 6.04 Å². The summed E-state index contributed by atoms with van der Waals surface area (Å²) in [5.41, 5.74) is 3.63. The molecular formula is C29H40N2O5S2. The lowest BCUT2D eigenvalue weighted by Crippen LogP contribution is -2.41. The first-order valence-corrected chi connectivity index (χ1v) is 16.5. The molecule has 2 N–H and O–H groups in total. The lowest BCUT2D eigenvalue weighted by atomic mass is 9.87. The number of aliphatic carboxylic acids is 1. The van der Waals surface area contributed by atoms with Crippen molar-refractivity contribution in [1.82, 2.24) is 9.62 Å². The van der Waals surface area contributed by atoms with Gasteiger partial charge in [0.25, 0.3) is 5.91 Å². The molecule has 1 saturated carbocycles. The Hall–Kier alpha value is -2.36. The predicted octanol–water partition coefficient (Wildman–Crippen LogP) is 5.33. The van der Waals surface area contributed by atoms with Gasteiger partial charge in [0.15, 0.2) is 0 Å². The average molecular weight is 561 g/mol. The van der Waals surface area contributed by atoms with E-state index in [-0.39, 0.29) is 6.54 Å². The number of hydrogen-bond acceptors (Lipinski definition) is 5. The number of hydrogen-bond donors (Lipinski definition) is 2. The maximum Gasteiger partial charge on any atom is 0.326 e. The molecule has 0 unspecified atom stereocenters. The molecule has 208 valence electrons. The number of carbonyl (C=O) groups excluding carboxylic acids is 1. The van der Waals surface area contributed by atoms with Gasteiger partial charge in [0.2, 0.25) is 10.0 Å². The van der Waals surface area contributed by atoms with Crippen LogP contribution in [0, 0.1) is 12.8 Å². The highest BCUT2D eigenvalue weighted by Gasteiger charge is 2.24. The highest BCUT2D eigenvalue weighted by Crippen LogP contribution is 2.30. The number of carboxylic acids is 1. The second-order valence-electron chi connectivity index (χ2n) is 10.2. The zero-order valence-corrected chi connectivity index (χ0v) is 24.2.